The Morgan fingerprint density at radius 3 is 0.773 bits per heavy atom. The predicted molar refractivity (Wildman–Crippen MR) is 95.3 cm³/mol. The molecule has 0 fully saturated rings. The van der Waals surface area contributed by atoms with Gasteiger partial charge in [0.05, 0.1) is 0 Å². The van der Waals surface area contributed by atoms with Gasteiger partial charge in [0.25, 0.3) is 0 Å². The Balaban J connectivity index is 1.73. The van der Waals surface area contributed by atoms with E-state index in [0.717, 1.165) is 0 Å². The average Bonchev–Trinajstić information content (AvgIpc) is 2.24. The fourth-order valence-corrected chi connectivity index (χ4v) is 3.80. The Morgan fingerprint density at radius 1 is 0.409 bits per heavy atom. The van der Waals surface area contributed by atoms with Crippen LogP contribution in [0.25, 0.3) is 22.3 Å². The SMILES string of the molecule is C1=C(c2cc(C3=CCC3)c(C3=CCC3)cc2C2=CCC2)CC1. The molecular formula is C22H22. The Hall–Kier alpha value is -1.82. The monoisotopic (exact) mass is 286 g/mol. The van der Waals surface area contributed by atoms with Gasteiger partial charge in [0.1, 0.15) is 0 Å². The van der Waals surface area contributed by atoms with Crippen LogP contribution in [0.4, 0.5) is 0 Å². The van der Waals surface area contributed by atoms with Crippen molar-refractivity contribution in [1.82, 2.24) is 0 Å². The van der Waals surface area contributed by atoms with Crippen LogP contribution < -0.4 is 0 Å². The van der Waals surface area contributed by atoms with Gasteiger partial charge in [-0.2, -0.15) is 0 Å². The highest BCUT2D eigenvalue weighted by atomic mass is 14.3. The molecule has 1 aromatic carbocycles. The van der Waals surface area contributed by atoms with Crippen molar-refractivity contribution in [2.24, 2.45) is 0 Å². The maximum Gasteiger partial charge on any atom is -0.0146 e. The van der Waals surface area contributed by atoms with Gasteiger partial charge >= 0.3 is 0 Å². The molecule has 4 aliphatic rings. The lowest BCUT2D eigenvalue weighted by Gasteiger charge is -2.29. The van der Waals surface area contributed by atoms with Crippen molar-refractivity contribution in [3.63, 3.8) is 0 Å². The molecule has 0 radical (unpaired) electrons. The van der Waals surface area contributed by atoms with Gasteiger partial charge in [-0.1, -0.05) is 24.3 Å². The molecule has 0 aliphatic heterocycles. The van der Waals surface area contributed by atoms with Crippen molar-refractivity contribution in [1.29, 1.82) is 0 Å². The minimum atomic E-state index is 1.26. The van der Waals surface area contributed by atoms with Crippen molar-refractivity contribution in [2.45, 2.75) is 51.4 Å². The van der Waals surface area contributed by atoms with Crippen LogP contribution >= 0.6 is 0 Å². The third-order valence-electron chi connectivity index (χ3n) is 5.76. The molecule has 0 amide bonds. The van der Waals surface area contributed by atoms with E-state index in [0.29, 0.717) is 0 Å². The summed E-state index contributed by atoms with van der Waals surface area (Å²) < 4.78 is 0. The number of hydrogen-bond acceptors (Lipinski definition) is 0. The lowest BCUT2D eigenvalue weighted by Crippen LogP contribution is -2.08. The first kappa shape index (κ1) is 12.7. The second kappa shape index (κ2) is 4.84. The van der Waals surface area contributed by atoms with Gasteiger partial charge in [-0.3, -0.25) is 0 Å². The minimum absolute atomic E-state index is 1.26. The summed E-state index contributed by atoms with van der Waals surface area (Å²) in [4.78, 5) is 0. The number of allylic oxidation sites excluding steroid dienone is 8. The zero-order valence-corrected chi connectivity index (χ0v) is 13.1. The first-order chi connectivity index (χ1) is 10.9. The van der Waals surface area contributed by atoms with Crippen molar-refractivity contribution in [3.8, 4) is 0 Å². The summed E-state index contributed by atoms with van der Waals surface area (Å²) in [5.74, 6) is 0. The molecule has 0 saturated heterocycles. The molecule has 22 heavy (non-hydrogen) atoms. The van der Waals surface area contributed by atoms with E-state index in [2.05, 4.69) is 36.4 Å². The molecule has 0 aromatic heterocycles. The van der Waals surface area contributed by atoms with E-state index >= 15 is 0 Å². The summed E-state index contributed by atoms with van der Waals surface area (Å²) in [6.45, 7) is 0. The largest absolute Gasteiger partial charge is 0.0804 e. The lowest BCUT2D eigenvalue weighted by molar-refractivity contribution is 0.956. The summed E-state index contributed by atoms with van der Waals surface area (Å²) in [6, 6.07) is 5.05. The van der Waals surface area contributed by atoms with Gasteiger partial charge in [-0.25, -0.2) is 0 Å². The van der Waals surface area contributed by atoms with E-state index in [1.54, 1.807) is 22.3 Å². The molecule has 0 atom stereocenters. The summed E-state index contributed by atoms with van der Waals surface area (Å²) in [7, 11) is 0. The van der Waals surface area contributed by atoms with Gasteiger partial charge in [-0.05, 0) is 108 Å². The zero-order valence-electron chi connectivity index (χ0n) is 13.1. The van der Waals surface area contributed by atoms with Crippen LogP contribution in [-0.4, -0.2) is 0 Å². The van der Waals surface area contributed by atoms with Gasteiger partial charge in [0.15, 0.2) is 0 Å². The first-order valence-corrected chi connectivity index (χ1v) is 8.86. The van der Waals surface area contributed by atoms with Crippen LogP contribution in [0.3, 0.4) is 0 Å². The first-order valence-electron chi connectivity index (χ1n) is 8.86. The van der Waals surface area contributed by atoms with Gasteiger partial charge in [0, 0.05) is 0 Å². The van der Waals surface area contributed by atoms with E-state index in [4.69, 9.17) is 0 Å². The van der Waals surface area contributed by atoms with Crippen LogP contribution in [-0.2, 0) is 0 Å². The quantitative estimate of drug-likeness (QED) is 0.601. The molecule has 5 rings (SSSR count). The van der Waals surface area contributed by atoms with Crippen LogP contribution in [0.2, 0.25) is 0 Å². The third kappa shape index (κ3) is 1.83. The van der Waals surface area contributed by atoms with E-state index < -0.39 is 0 Å². The zero-order chi connectivity index (χ0) is 14.5. The van der Waals surface area contributed by atoms with Crippen LogP contribution in [0.1, 0.15) is 73.6 Å². The second-order valence-electron chi connectivity index (χ2n) is 7.02. The van der Waals surface area contributed by atoms with Crippen LogP contribution in [0.15, 0.2) is 36.4 Å². The lowest BCUT2D eigenvalue weighted by atomic mass is 9.76. The summed E-state index contributed by atoms with van der Waals surface area (Å²) in [6.07, 6.45) is 19.8. The molecule has 0 spiro atoms. The van der Waals surface area contributed by atoms with Crippen LogP contribution in [0.5, 0.6) is 0 Å². The second-order valence-corrected chi connectivity index (χ2v) is 7.02. The normalized spacial score (nSPS) is 22.2. The number of rotatable bonds is 4. The Labute approximate surface area is 132 Å². The van der Waals surface area contributed by atoms with Gasteiger partial charge in [0.2, 0.25) is 0 Å². The topological polar surface area (TPSA) is 0 Å². The molecule has 1 aromatic rings. The Kier molecular flexibility index (Phi) is 2.80. The standard InChI is InChI=1S/C22H22/c1-5-15(6-1)19-13-21(17-9-3-10-17)22(18-11-4-12-18)14-20(19)16-7-2-8-16/h5,7,9,11,13-14H,1-4,6,8,10,12H2. The molecular weight excluding hydrogens is 264 g/mol. The molecule has 0 nitrogen and oxygen atoms in total. The van der Waals surface area contributed by atoms with Crippen molar-refractivity contribution < 1.29 is 0 Å². The van der Waals surface area contributed by atoms with E-state index in [1.807, 2.05) is 0 Å². The highest BCUT2D eigenvalue weighted by Gasteiger charge is 2.24. The molecule has 0 saturated carbocycles. The minimum Gasteiger partial charge on any atom is -0.0804 e. The maximum atomic E-state index is 2.53. The Morgan fingerprint density at radius 2 is 0.636 bits per heavy atom. The number of benzene rings is 1. The predicted octanol–water partition coefficient (Wildman–Crippen LogP) is 6.40. The molecule has 0 unspecified atom stereocenters. The summed E-state index contributed by atoms with van der Waals surface area (Å²) in [5.41, 5.74) is 12.5. The van der Waals surface area contributed by atoms with Crippen molar-refractivity contribution in [2.75, 3.05) is 0 Å². The molecule has 0 N–H and O–H groups in total. The van der Waals surface area contributed by atoms with Gasteiger partial charge < -0.3 is 0 Å². The molecule has 4 aliphatic carbocycles. The van der Waals surface area contributed by atoms with E-state index in [1.165, 1.54) is 73.6 Å². The fourth-order valence-electron chi connectivity index (χ4n) is 3.80. The number of hydrogen-bond donors (Lipinski definition) is 0. The summed E-state index contributed by atoms with van der Waals surface area (Å²) >= 11 is 0. The molecule has 0 bridgehead atoms. The fraction of sp³-hybridized carbons (Fsp3) is 0.364. The van der Waals surface area contributed by atoms with Gasteiger partial charge in [-0.15, -0.1) is 0 Å². The van der Waals surface area contributed by atoms with Crippen molar-refractivity contribution in [3.05, 3.63) is 58.7 Å². The molecule has 110 valence electrons. The van der Waals surface area contributed by atoms with E-state index in [-0.39, 0.29) is 0 Å². The third-order valence-corrected chi connectivity index (χ3v) is 5.76. The van der Waals surface area contributed by atoms with E-state index in [9.17, 15) is 0 Å². The average molecular weight is 286 g/mol. The maximum absolute atomic E-state index is 2.53. The smallest absolute Gasteiger partial charge is 0.0146 e. The highest BCUT2D eigenvalue weighted by Crippen LogP contribution is 2.45. The molecule has 0 heterocycles. The van der Waals surface area contributed by atoms with Crippen molar-refractivity contribution >= 4 is 22.3 Å². The van der Waals surface area contributed by atoms with Crippen LogP contribution in [0, 0.1) is 0 Å². The Bertz CT molecular complexity index is 650. The summed E-state index contributed by atoms with van der Waals surface area (Å²) in [5, 5.41) is 0. The molecule has 0 heteroatoms. The highest BCUT2D eigenvalue weighted by molar-refractivity contribution is 5.91.